The van der Waals surface area contributed by atoms with E-state index in [-0.39, 0.29) is 17.0 Å². The Morgan fingerprint density at radius 1 is 1.00 bits per heavy atom. The Morgan fingerprint density at radius 3 is 2.27 bits per heavy atom. The van der Waals surface area contributed by atoms with Crippen LogP contribution >= 0.6 is 11.9 Å². The molecule has 1 N–H and O–H groups in total. The average molecular weight is 329 g/mol. The van der Waals surface area contributed by atoms with E-state index in [4.69, 9.17) is 4.74 Å². The van der Waals surface area contributed by atoms with E-state index >= 15 is 0 Å². The van der Waals surface area contributed by atoms with E-state index in [1.807, 2.05) is 13.8 Å². The molecule has 0 aromatic heterocycles. The normalized spacial score (nSPS) is 9.77. The Morgan fingerprint density at radius 2 is 1.64 bits per heavy atom. The molecule has 2 aromatic carbocycles. The number of benzene rings is 2. The van der Waals surface area contributed by atoms with Crippen LogP contribution in [-0.4, -0.2) is 7.11 Å². The first kappa shape index (κ1) is 18.2. The zero-order chi connectivity index (χ0) is 16.7. The number of anilines is 1. The van der Waals surface area contributed by atoms with Crippen molar-refractivity contribution in [3.8, 4) is 5.75 Å². The Balaban J connectivity index is 0.00000116. The van der Waals surface area contributed by atoms with Gasteiger partial charge >= 0.3 is 0 Å². The lowest BCUT2D eigenvalue weighted by molar-refractivity contribution is 0.385. The van der Waals surface area contributed by atoms with Crippen LogP contribution in [0.1, 0.15) is 19.4 Å². The molecular weight excluding hydrogens is 311 g/mol. The van der Waals surface area contributed by atoms with Crippen LogP contribution in [0, 0.1) is 24.4 Å². The highest BCUT2D eigenvalue weighted by molar-refractivity contribution is 8.00. The number of halogens is 3. The first-order valence-electron chi connectivity index (χ1n) is 6.74. The van der Waals surface area contributed by atoms with Crippen LogP contribution < -0.4 is 9.46 Å². The molecule has 2 rings (SSSR count). The van der Waals surface area contributed by atoms with Crippen molar-refractivity contribution in [2.24, 2.45) is 0 Å². The molecule has 0 aliphatic rings. The molecule has 22 heavy (non-hydrogen) atoms. The number of rotatable bonds is 4. The van der Waals surface area contributed by atoms with Gasteiger partial charge in [0.05, 0.1) is 12.8 Å². The molecule has 2 nitrogen and oxygen atoms in total. The highest BCUT2D eigenvalue weighted by Gasteiger charge is 2.10. The van der Waals surface area contributed by atoms with Gasteiger partial charge in [0.2, 0.25) is 0 Å². The molecule has 2 aromatic rings. The van der Waals surface area contributed by atoms with Crippen molar-refractivity contribution in [1.29, 1.82) is 0 Å². The summed E-state index contributed by atoms with van der Waals surface area (Å²) in [5.41, 5.74) is 0.115. The quantitative estimate of drug-likeness (QED) is 0.741. The molecule has 120 valence electrons. The number of ether oxygens (including phenoxy) is 1. The van der Waals surface area contributed by atoms with Crippen molar-refractivity contribution in [2.45, 2.75) is 25.7 Å². The van der Waals surface area contributed by atoms with Crippen LogP contribution in [0.2, 0.25) is 0 Å². The van der Waals surface area contributed by atoms with Crippen LogP contribution in [0.25, 0.3) is 0 Å². The molecule has 0 heterocycles. The van der Waals surface area contributed by atoms with Crippen molar-refractivity contribution in [1.82, 2.24) is 0 Å². The molecule has 0 saturated heterocycles. The summed E-state index contributed by atoms with van der Waals surface area (Å²) in [6.07, 6.45) is 0. The average Bonchev–Trinajstić information content (AvgIpc) is 2.55. The second-order valence-corrected chi connectivity index (χ2v) is 4.91. The Hall–Kier alpha value is -1.82. The number of hydrogen-bond donors (Lipinski definition) is 1. The van der Waals surface area contributed by atoms with Gasteiger partial charge in [0.25, 0.3) is 0 Å². The molecule has 6 heteroatoms. The van der Waals surface area contributed by atoms with Gasteiger partial charge in [-0.15, -0.1) is 0 Å². The summed E-state index contributed by atoms with van der Waals surface area (Å²) in [7, 11) is 1.36. The Bertz CT molecular complexity index is 635. The molecule has 0 saturated carbocycles. The highest BCUT2D eigenvalue weighted by Crippen LogP contribution is 2.29. The molecule has 0 radical (unpaired) electrons. The van der Waals surface area contributed by atoms with E-state index in [2.05, 4.69) is 4.72 Å². The Kier molecular flexibility index (Phi) is 7.11. The topological polar surface area (TPSA) is 21.3 Å². The van der Waals surface area contributed by atoms with E-state index in [9.17, 15) is 13.2 Å². The summed E-state index contributed by atoms with van der Waals surface area (Å²) in [5.74, 6) is -1.61. The third-order valence-electron chi connectivity index (χ3n) is 2.72. The number of nitrogens with one attached hydrogen (secondary N) is 1. The fraction of sp³-hybridized carbons (Fsp3) is 0.250. The fourth-order valence-electron chi connectivity index (χ4n) is 1.56. The van der Waals surface area contributed by atoms with Crippen molar-refractivity contribution in [3.05, 3.63) is 53.3 Å². The lowest BCUT2D eigenvalue weighted by Gasteiger charge is -2.10. The molecule has 0 amide bonds. The molecular formula is C16H18F3NOS. The van der Waals surface area contributed by atoms with Gasteiger partial charge in [-0.25, -0.2) is 13.2 Å². The van der Waals surface area contributed by atoms with Crippen LogP contribution in [-0.2, 0) is 0 Å². The van der Waals surface area contributed by atoms with E-state index < -0.39 is 17.5 Å². The monoisotopic (exact) mass is 329 g/mol. The largest absolute Gasteiger partial charge is 0.494 e. The van der Waals surface area contributed by atoms with Gasteiger partial charge in [0.15, 0.2) is 17.4 Å². The molecule has 0 spiro atoms. The minimum Gasteiger partial charge on any atom is -0.494 e. The predicted molar refractivity (Wildman–Crippen MR) is 84.9 cm³/mol. The summed E-state index contributed by atoms with van der Waals surface area (Å²) in [4.78, 5) is 0.643. The van der Waals surface area contributed by atoms with Gasteiger partial charge in [-0.3, -0.25) is 0 Å². The third-order valence-corrected chi connectivity index (χ3v) is 3.53. The first-order valence-corrected chi connectivity index (χ1v) is 7.55. The summed E-state index contributed by atoms with van der Waals surface area (Å²) in [6.45, 7) is 5.36. The van der Waals surface area contributed by atoms with E-state index in [0.29, 0.717) is 4.90 Å². The van der Waals surface area contributed by atoms with Crippen molar-refractivity contribution in [3.63, 3.8) is 0 Å². The maximum absolute atomic E-state index is 13.8. The summed E-state index contributed by atoms with van der Waals surface area (Å²) in [5, 5.41) is 0. The summed E-state index contributed by atoms with van der Waals surface area (Å²) >= 11 is 1.08. The smallest absolute Gasteiger partial charge is 0.165 e. The van der Waals surface area contributed by atoms with Gasteiger partial charge in [-0.1, -0.05) is 13.8 Å². The first-order chi connectivity index (χ1) is 10.5. The molecule has 0 aliphatic heterocycles. The minimum atomic E-state index is -0.647. The van der Waals surface area contributed by atoms with Gasteiger partial charge in [-0.2, -0.15) is 0 Å². The highest BCUT2D eigenvalue weighted by atomic mass is 32.2. The fourth-order valence-corrected chi connectivity index (χ4v) is 2.25. The lowest BCUT2D eigenvalue weighted by Crippen LogP contribution is -1.96. The maximum Gasteiger partial charge on any atom is 0.165 e. The Labute approximate surface area is 132 Å². The zero-order valence-corrected chi connectivity index (χ0v) is 13.7. The molecule has 0 aliphatic carbocycles. The van der Waals surface area contributed by atoms with Gasteiger partial charge in [-0.05, 0) is 49.2 Å². The van der Waals surface area contributed by atoms with Crippen molar-refractivity contribution >= 4 is 17.6 Å². The summed E-state index contributed by atoms with van der Waals surface area (Å²) < 4.78 is 47.8. The van der Waals surface area contributed by atoms with E-state index in [1.165, 1.54) is 44.4 Å². The summed E-state index contributed by atoms with van der Waals surface area (Å²) in [6, 6.07) is 6.78. The third kappa shape index (κ3) is 4.34. The van der Waals surface area contributed by atoms with Crippen LogP contribution in [0.4, 0.5) is 18.9 Å². The van der Waals surface area contributed by atoms with Crippen LogP contribution in [0.15, 0.2) is 35.2 Å². The van der Waals surface area contributed by atoms with E-state index in [1.54, 1.807) is 0 Å². The van der Waals surface area contributed by atoms with Gasteiger partial charge in [0.1, 0.15) is 5.82 Å². The predicted octanol–water partition coefficient (Wildman–Crippen LogP) is 5.57. The van der Waals surface area contributed by atoms with E-state index in [0.717, 1.165) is 11.9 Å². The van der Waals surface area contributed by atoms with Gasteiger partial charge < -0.3 is 9.46 Å². The maximum atomic E-state index is 13.8. The SMILES string of the molecule is CC.COc1cc(SNc2ccc(F)c(C)c2F)ccc1F. The lowest BCUT2D eigenvalue weighted by atomic mass is 10.2. The molecule has 0 fully saturated rings. The minimum absolute atomic E-state index is 0.0488. The molecule has 0 atom stereocenters. The second kappa shape index (κ2) is 8.58. The number of hydrogen-bond acceptors (Lipinski definition) is 3. The van der Waals surface area contributed by atoms with Crippen molar-refractivity contribution < 1.29 is 17.9 Å². The molecule has 0 bridgehead atoms. The van der Waals surface area contributed by atoms with Gasteiger partial charge in [0, 0.05) is 10.5 Å². The van der Waals surface area contributed by atoms with Crippen LogP contribution in [0.3, 0.4) is 0 Å². The zero-order valence-electron chi connectivity index (χ0n) is 12.8. The van der Waals surface area contributed by atoms with Crippen molar-refractivity contribution in [2.75, 3.05) is 11.8 Å². The number of methoxy groups -OCH3 is 1. The standard InChI is InChI=1S/C14H12F3NOS.C2H6/c1-8-10(15)5-6-12(14(8)17)18-20-9-3-4-11(16)13(7-9)19-2;1-2/h3-7,18H,1-2H3;1-2H3. The second-order valence-electron chi connectivity index (χ2n) is 4.03. The van der Waals surface area contributed by atoms with Crippen LogP contribution in [0.5, 0.6) is 5.75 Å². The molecule has 0 unspecified atom stereocenters.